The van der Waals surface area contributed by atoms with Gasteiger partial charge < -0.3 is 5.32 Å². The molecule has 1 aromatic rings. The second kappa shape index (κ2) is 4.21. The first-order valence-corrected chi connectivity index (χ1v) is 6.35. The molecule has 88 valence electrons. The Morgan fingerprint density at radius 1 is 1.19 bits per heavy atom. The average molecular weight is 217 g/mol. The molecule has 16 heavy (non-hydrogen) atoms. The zero-order valence-corrected chi connectivity index (χ0v) is 11.1. The van der Waals surface area contributed by atoms with Crippen LogP contribution >= 0.6 is 0 Å². The highest BCUT2D eigenvalue weighted by Crippen LogP contribution is 2.34. The summed E-state index contributed by atoms with van der Waals surface area (Å²) in [7, 11) is 0. The largest absolute Gasteiger partial charge is 0.309 e. The van der Waals surface area contributed by atoms with Gasteiger partial charge in [0, 0.05) is 6.04 Å². The van der Waals surface area contributed by atoms with E-state index in [0.717, 1.165) is 6.54 Å². The minimum absolute atomic E-state index is 0.544. The number of fused-ring (bicyclic) bond motifs is 1. The molecule has 1 unspecified atom stereocenters. The van der Waals surface area contributed by atoms with E-state index in [1.807, 2.05) is 0 Å². The van der Waals surface area contributed by atoms with Crippen LogP contribution in [0.25, 0.3) is 0 Å². The summed E-state index contributed by atoms with van der Waals surface area (Å²) in [6.07, 6.45) is 1.19. The van der Waals surface area contributed by atoms with Crippen molar-refractivity contribution in [1.82, 2.24) is 5.32 Å². The maximum atomic E-state index is 3.67. The molecule has 1 heteroatoms. The van der Waals surface area contributed by atoms with Gasteiger partial charge in [0.25, 0.3) is 0 Å². The van der Waals surface area contributed by atoms with Crippen LogP contribution in [0.1, 0.15) is 47.7 Å². The normalized spacial score (nSPS) is 20.0. The molecular weight excluding hydrogens is 194 g/mol. The Kier molecular flexibility index (Phi) is 3.07. The lowest BCUT2D eigenvalue weighted by molar-refractivity contribution is 0.393. The molecule has 1 aliphatic heterocycles. The summed E-state index contributed by atoms with van der Waals surface area (Å²) in [5.41, 5.74) is 7.58. The predicted octanol–water partition coefficient (Wildman–Crippen LogP) is 3.45. The van der Waals surface area contributed by atoms with Crippen molar-refractivity contribution in [2.45, 2.75) is 47.1 Å². The van der Waals surface area contributed by atoms with Gasteiger partial charge in [-0.2, -0.15) is 0 Å². The fourth-order valence-electron chi connectivity index (χ4n) is 2.95. The standard InChI is InChI=1S/C15H23N/c1-9(2)15-14-12(5)10(3)8-11(4)13(14)6-7-16-15/h8-9,15-16H,6-7H2,1-5H3. The zero-order chi connectivity index (χ0) is 11.9. The SMILES string of the molecule is Cc1cc(C)c2c(c1C)C(C(C)C)NCC2. The number of hydrogen-bond acceptors (Lipinski definition) is 1. The van der Waals surface area contributed by atoms with Crippen LogP contribution in [0.5, 0.6) is 0 Å². The van der Waals surface area contributed by atoms with Crippen molar-refractivity contribution < 1.29 is 0 Å². The number of aryl methyl sites for hydroxylation is 2. The Morgan fingerprint density at radius 3 is 2.50 bits per heavy atom. The number of rotatable bonds is 1. The number of hydrogen-bond donors (Lipinski definition) is 1. The Hall–Kier alpha value is -0.820. The fraction of sp³-hybridized carbons (Fsp3) is 0.600. The fourth-order valence-corrected chi connectivity index (χ4v) is 2.95. The van der Waals surface area contributed by atoms with E-state index < -0.39 is 0 Å². The molecule has 0 saturated carbocycles. The monoisotopic (exact) mass is 217 g/mol. The van der Waals surface area contributed by atoms with Crippen LogP contribution in [0.4, 0.5) is 0 Å². The summed E-state index contributed by atoms with van der Waals surface area (Å²) in [6.45, 7) is 12.5. The number of nitrogens with one attached hydrogen (secondary N) is 1. The second-order valence-electron chi connectivity index (χ2n) is 5.45. The van der Waals surface area contributed by atoms with Gasteiger partial charge in [0.05, 0.1) is 0 Å². The highest BCUT2D eigenvalue weighted by atomic mass is 14.9. The first-order chi connectivity index (χ1) is 7.52. The van der Waals surface area contributed by atoms with Gasteiger partial charge >= 0.3 is 0 Å². The molecule has 0 saturated heterocycles. The van der Waals surface area contributed by atoms with Gasteiger partial charge in [0.2, 0.25) is 0 Å². The summed E-state index contributed by atoms with van der Waals surface area (Å²) in [4.78, 5) is 0. The summed E-state index contributed by atoms with van der Waals surface area (Å²) in [5, 5.41) is 3.67. The third kappa shape index (κ3) is 1.78. The molecule has 1 aromatic carbocycles. The van der Waals surface area contributed by atoms with Gasteiger partial charge in [-0.25, -0.2) is 0 Å². The van der Waals surface area contributed by atoms with E-state index in [0.29, 0.717) is 12.0 Å². The average Bonchev–Trinajstić information content (AvgIpc) is 2.25. The molecule has 0 aliphatic carbocycles. The van der Waals surface area contributed by atoms with E-state index in [9.17, 15) is 0 Å². The lowest BCUT2D eigenvalue weighted by atomic mass is 9.81. The molecule has 1 heterocycles. The first kappa shape index (κ1) is 11.7. The summed E-state index contributed by atoms with van der Waals surface area (Å²) < 4.78 is 0. The molecule has 0 bridgehead atoms. The third-order valence-corrected chi connectivity index (χ3v) is 3.95. The molecule has 1 atom stereocenters. The quantitative estimate of drug-likeness (QED) is 0.759. The van der Waals surface area contributed by atoms with E-state index >= 15 is 0 Å². The van der Waals surface area contributed by atoms with E-state index in [1.165, 1.54) is 23.1 Å². The smallest absolute Gasteiger partial charge is 0.0349 e. The van der Waals surface area contributed by atoms with Crippen LogP contribution in [-0.2, 0) is 6.42 Å². The lowest BCUT2D eigenvalue weighted by Gasteiger charge is -2.33. The molecule has 1 aliphatic rings. The van der Waals surface area contributed by atoms with Gasteiger partial charge in [0.15, 0.2) is 0 Å². The van der Waals surface area contributed by atoms with Crippen LogP contribution in [0, 0.1) is 26.7 Å². The Bertz CT molecular complexity index is 404. The summed E-state index contributed by atoms with van der Waals surface area (Å²) >= 11 is 0. The molecule has 2 rings (SSSR count). The summed E-state index contributed by atoms with van der Waals surface area (Å²) in [6, 6.07) is 2.89. The number of benzene rings is 1. The van der Waals surface area contributed by atoms with Crippen molar-refractivity contribution in [2.75, 3.05) is 6.54 Å². The zero-order valence-electron chi connectivity index (χ0n) is 11.1. The molecule has 1 nitrogen and oxygen atoms in total. The predicted molar refractivity (Wildman–Crippen MR) is 69.9 cm³/mol. The third-order valence-electron chi connectivity index (χ3n) is 3.95. The molecule has 0 amide bonds. The van der Waals surface area contributed by atoms with E-state index in [4.69, 9.17) is 0 Å². The van der Waals surface area contributed by atoms with Gasteiger partial charge in [-0.05, 0) is 67.5 Å². The first-order valence-electron chi connectivity index (χ1n) is 6.35. The highest BCUT2D eigenvalue weighted by molar-refractivity contribution is 5.47. The van der Waals surface area contributed by atoms with Gasteiger partial charge in [0.1, 0.15) is 0 Å². The lowest BCUT2D eigenvalue weighted by Crippen LogP contribution is -2.34. The van der Waals surface area contributed by atoms with Crippen LogP contribution < -0.4 is 5.32 Å². The van der Waals surface area contributed by atoms with Crippen LogP contribution in [0.3, 0.4) is 0 Å². The Morgan fingerprint density at radius 2 is 1.88 bits per heavy atom. The van der Waals surface area contributed by atoms with Gasteiger partial charge in [-0.1, -0.05) is 19.9 Å². The molecule has 0 spiro atoms. The van der Waals surface area contributed by atoms with Crippen molar-refractivity contribution in [3.05, 3.63) is 33.9 Å². The minimum atomic E-state index is 0.544. The van der Waals surface area contributed by atoms with E-state index in [2.05, 4.69) is 46.0 Å². The van der Waals surface area contributed by atoms with Crippen LogP contribution in [0.2, 0.25) is 0 Å². The van der Waals surface area contributed by atoms with Crippen molar-refractivity contribution in [3.8, 4) is 0 Å². The molecule has 0 radical (unpaired) electrons. The molecule has 1 N–H and O–H groups in total. The maximum Gasteiger partial charge on any atom is 0.0349 e. The van der Waals surface area contributed by atoms with Crippen molar-refractivity contribution in [1.29, 1.82) is 0 Å². The summed E-state index contributed by atoms with van der Waals surface area (Å²) in [5.74, 6) is 0.666. The maximum absolute atomic E-state index is 3.67. The minimum Gasteiger partial charge on any atom is -0.309 e. The van der Waals surface area contributed by atoms with Crippen molar-refractivity contribution in [3.63, 3.8) is 0 Å². The Balaban J connectivity index is 2.62. The van der Waals surface area contributed by atoms with Gasteiger partial charge in [-0.3, -0.25) is 0 Å². The van der Waals surface area contributed by atoms with Crippen LogP contribution in [0.15, 0.2) is 6.07 Å². The second-order valence-corrected chi connectivity index (χ2v) is 5.45. The van der Waals surface area contributed by atoms with Crippen molar-refractivity contribution in [2.24, 2.45) is 5.92 Å². The molecule has 0 aromatic heterocycles. The molecular formula is C15H23N. The topological polar surface area (TPSA) is 12.0 Å². The Labute approximate surface area is 99.3 Å². The van der Waals surface area contributed by atoms with Gasteiger partial charge in [-0.15, -0.1) is 0 Å². The highest BCUT2D eigenvalue weighted by Gasteiger charge is 2.25. The molecule has 0 fully saturated rings. The van der Waals surface area contributed by atoms with E-state index in [1.54, 1.807) is 11.1 Å². The van der Waals surface area contributed by atoms with Crippen molar-refractivity contribution >= 4 is 0 Å². The van der Waals surface area contributed by atoms with E-state index in [-0.39, 0.29) is 0 Å². The van der Waals surface area contributed by atoms with Crippen LogP contribution in [-0.4, -0.2) is 6.54 Å².